The van der Waals surface area contributed by atoms with Crippen LogP contribution in [-0.4, -0.2) is 13.1 Å². The predicted octanol–water partition coefficient (Wildman–Crippen LogP) is 2.76. The lowest BCUT2D eigenvalue weighted by Gasteiger charge is -2.12. The first kappa shape index (κ1) is 11.5. The molecule has 0 saturated heterocycles. The molecule has 1 aliphatic rings. The quantitative estimate of drug-likeness (QED) is 0.733. The molecule has 1 aliphatic heterocycles. The standard InChI is InChI=1S/C14H14O3/c1-9-12(11-7-5-4-6-8-11)13(10(2)17-9)14(15)16-3/h4-8,12H,1H2,2-3H3/t12-/m1/s1. The minimum Gasteiger partial charge on any atom is -0.466 e. The van der Waals surface area contributed by atoms with Crippen LogP contribution < -0.4 is 0 Å². The van der Waals surface area contributed by atoms with Crippen LogP contribution in [0.25, 0.3) is 0 Å². The largest absolute Gasteiger partial charge is 0.466 e. The molecule has 1 aromatic carbocycles. The van der Waals surface area contributed by atoms with E-state index in [9.17, 15) is 4.79 Å². The van der Waals surface area contributed by atoms with Crippen LogP contribution >= 0.6 is 0 Å². The number of allylic oxidation sites excluding steroid dienone is 2. The lowest BCUT2D eigenvalue weighted by molar-refractivity contribution is -0.136. The van der Waals surface area contributed by atoms with Crippen molar-refractivity contribution in [1.29, 1.82) is 0 Å². The molecule has 3 heteroatoms. The van der Waals surface area contributed by atoms with Gasteiger partial charge in [0.05, 0.1) is 18.6 Å². The average Bonchev–Trinajstić information content (AvgIpc) is 2.64. The smallest absolute Gasteiger partial charge is 0.338 e. The van der Waals surface area contributed by atoms with Crippen LogP contribution in [0, 0.1) is 0 Å². The highest BCUT2D eigenvalue weighted by Crippen LogP contribution is 2.40. The van der Waals surface area contributed by atoms with Gasteiger partial charge in [0.1, 0.15) is 11.5 Å². The zero-order valence-corrected chi connectivity index (χ0v) is 9.90. The van der Waals surface area contributed by atoms with Crippen molar-refractivity contribution < 1.29 is 14.3 Å². The molecule has 2 rings (SSSR count). The number of hydrogen-bond acceptors (Lipinski definition) is 3. The van der Waals surface area contributed by atoms with Gasteiger partial charge in [-0.25, -0.2) is 4.79 Å². The molecule has 0 spiro atoms. The maximum Gasteiger partial charge on any atom is 0.338 e. The normalized spacial score (nSPS) is 19.2. The Labute approximate surface area is 100 Å². The molecule has 0 fully saturated rings. The highest BCUT2D eigenvalue weighted by Gasteiger charge is 2.35. The maximum atomic E-state index is 11.8. The predicted molar refractivity (Wildman–Crippen MR) is 64.1 cm³/mol. The molecule has 0 unspecified atom stereocenters. The fourth-order valence-electron chi connectivity index (χ4n) is 2.04. The summed E-state index contributed by atoms with van der Waals surface area (Å²) in [6, 6.07) is 9.66. The van der Waals surface area contributed by atoms with Crippen molar-refractivity contribution in [3.8, 4) is 0 Å². The second-order valence-corrected chi connectivity index (χ2v) is 3.87. The number of ether oxygens (including phenoxy) is 2. The van der Waals surface area contributed by atoms with Gasteiger partial charge < -0.3 is 9.47 Å². The summed E-state index contributed by atoms with van der Waals surface area (Å²) in [7, 11) is 1.37. The summed E-state index contributed by atoms with van der Waals surface area (Å²) >= 11 is 0. The third-order valence-corrected chi connectivity index (χ3v) is 2.81. The van der Waals surface area contributed by atoms with Gasteiger partial charge >= 0.3 is 5.97 Å². The van der Waals surface area contributed by atoms with E-state index >= 15 is 0 Å². The van der Waals surface area contributed by atoms with Crippen molar-refractivity contribution >= 4 is 5.97 Å². The number of methoxy groups -OCH3 is 1. The van der Waals surface area contributed by atoms with Gasteiger partial charge in [0.25, 0.3) is 0 Å². The third kappa shape index (κ3) is 1.96. The molecule has 3 nitrogen and oxygen atoms in total. The summed E-state index contributed by atoms with van der Waals surface area (Å²) in [5.74, 6) is 0.531. The van der Waals surface area contributed by atoms with Gasteiger partial charge in [-0.3, -0.25) is 0 Å². The molecule has 1 heterocycles. The number of carbonyl (C=O) groups is 1. The second-order valence-electron chi connectivity index (χ2n) is 3.87. The van der Waals surface area contributed by atoms with Crippen LogP contribution in [0.4, 0.5) is 0 Å². The van der Waals surface area contributed by atoms with Crippen molar-refractivity contribution in [3.63, 3.8) is 0 Å². The van der Waals surface area contributed by atoms with Crippen LogP contribution in [-0.2, 0) is 14.3 Å². The Morgan fingerprint density at radius 2 is 2.00 bits per heavy atom. The zero-order chi connectivity index (χ0) is 12.4. The molecular formula is C14H14O3. The summed E-state index contributed by atoms with van der Waals surface area (Å²) < 4.78 is 10.2. The van der Waals surface area contributed by atoms with Gasteiger partial charge in [-0.15, -0.1) is 0 Å². The SMILES string of the molecule is C=C1OC(C)=C(C(=O)OC)[C@H]1c1ccccc1. The third-order valence-electron chi connectivity index (χ3n) is 2.81. The number of carbonyl (C=O) groups excluding carboxylic acids is 1. The highest BCUT2D eigenvalue weighted by molar-refractivity contribution is 5.92. The Kier molecular flexibility index (Phi) is 3.00. The molecule has 0 bridgehead atoms. The van der Waals surface area contributed by atoms with E-state index in [-0.39, 0.29) is 11.9 Å². The molecule has 1 aromatic rings. The van der Waals surface area contributed by atoms with E-state index in [0.29, 0.717) is 17.1 Å². The van der Waals surface area contributed by atoms with Crippen LogP contribution in [0.1, 0.15) is 18.4 Å². The van der Waals surface area contributed by atoms with Gasteiger partial charge in [-0.05, 0) is 12.5 Å². The van der Waals surface area contributed by atoms with Gasteiger partial charge in [-0.1, -0.05) is 36.9 Å². The second kappa shape index (κ2) is 4.45. The fourth-order valence-corrected chi connectivity index (χ4v) is 2.04. The van der Waals surface area contributed by atoms with Gasteiger partial charge in [-0.2, -0.15) is 0 Å². The Morgan fingerprint density at radius 1 is 1.35 bits per heavy atom. The first-order valence-electron chi connectivity index (χ1n) is 5.36. The molecule has 1 atom stereocenters. The zero-order valence-electron chi connectivity index (χ0n) is 9.90. The molecule has 0 aliphatic carbocycles. The van der Waals surface area contributed by atoms with Crippen molar-refractivity contribution in [2.45, 2.75) is 12.8 Å². The first-order valence-corrected chi connectivity index (χ1v) is 5.36. The lowest BCUT2D eigenvalue weighted by Crippen LogP contribution is -2.11. The Bertz CT molecular complexity index is 485. The molecule has 0 saturated carbocycles. The average molecular weight is 230 g/mol. The molecular weight excluding hydrogens is 216 g/mol. The van der Waals surface area contributed by atoms with E-state index < -0.39 is 0 Å². The molecule has 0 aromatic heterocycles. The van der Waals surface area contributed by atoms with Gasteiger partial charge in [0.15, 0.2) is 0 Å². The van der Waals surface area contributed by atoms with Crippen LogP contribution in [0.15, 0.2) is 54.0 Å². The molecule has 0 radical (unpaired) electrons. The molecule has 0 amide bonds. The number of rotatable bonds is 2. The minimum atomic E-state index is -0.366. The molecule has 88 valence electrons. The van der Waals surface area contributed by atoms with Crippen molar-refractivity contribution in [2.75, 3.05) is 7.11 Å². The van der Waals surface area contributed by atoms with Gasteiger partial charge in [0.2, 0.25) is 0 Å². The first-order chi connectivity index (χ1) is 8.15. The van der Waals surface area contributed by atoms with E-state index in [1.807, 2.05) is 30.3 Å². The van der Waals surface area contributed by atoms with Gasteiger partial charge in [0, 0.05) is 0 Å². The lowest BCUT2D eigenvalue weighted by atomic mass is 9.91. The van der Waals surface area contributed by atoms with E-state index in [1.54, 1.807) is 6.92 Å². The molecule has 0 N–H and O–H groups in total. The Morgan fingerprint density at radius 3 is 2.59 bits per heavy atom. The van der Waals surface area contributed by atoms with Crippen molar-refractivity contribution in [1.82, 2.24) is 0 Å². The van der Waals surface area contributed by atoms with E-state index in [1.165, 1.54) is 7.11 Å². The summed E-state index contributed by atoms with van der Waals surface area (Å²) in [4.78, 5) is 11.8. The van der Waals surface area contributed by atoms with E-state index in [0.717, 1.165) is 5.56 Å². The topological polar surface area (TPSA) is 35.5 Å². The summed E-state index contributed by atoms with van der Waals surface area (Å²) in [5.41, 5.74) is 1.51. The summed E-state index contributed by atoms with van der Waals surface area (Å²) in [6.07, 6.45) is 0. The van der Waals surface area contributed by atoms with Crippen LogP contribution in [0.3, 0.4) is 0 Å². The monoisotopic (exact) mass is 230 g/mol. The van der Waals surface area contributed by atoms with E-state index in [2.05, 4.69) is 6.58 Å². The van der Waals surface area contributed by atoms with Crippen LogP contribution in [0.5, 0.6) is 0 Å². The Hall–Kier alpha value is -2.03. The van der Waals surface area contributed by atoms with Crippen molar-refractivity contribution in [3.05, 3.63) is 59.6 Å². The summed E-state index contributed by atoms with van der Waals surface area (Å²) in [5, 5.41) is 0. The highest BCUT2D eigenvalue weighted by atomic mass is 16.5. The van der Waals surface area contributed by atoms with Crippen molar-refractivity contribution in [2.24, 2.45) is 0 Å². The fraction of sp³-hybridized carbons (Fsp3) is 0.214. The molecule has 17 heavy (non-hydrogen) atoms. The minimum absolute atomic E-state index is 0.233. The van der Waals surface area contributed by atoms with E-state index in [4.69, 9.17) is 9.47 Å². The number of esters is 1. The number of benzene rings is 1. The van der Waals surface area contributed by atoms with Crippen LogP contribution in [0.2, 0.25) is 0 Å². The maximum absolute atomic E-state index is 11.8. The number of hydrogen-bond donors (Lipinski definition) is 0. The Balaban J connectivity index is 2.45. The summed E-state index contributed by atoms with van der Waals surface area (Å²) in [6.45, 7) is 5.61.